The monoisotopic (exact) mass is 275 g/mol. The molecule has 0 saturated heterocycles. The lowest BCUT2D eigenvalue weighted by molar-refractivity contribution is 0.144. The van der Waals surface area contributed by atoms with Gasteiger partial charge in [-0.25, -0.2) is 4.39 Å². The van der Waals surface area contributed by atoms with Crippen molar-refractivity contribution in [3.8, 4) is 0 Å². The van der Waals surface area contributed by atoms with Crippen molar-refractivity contribution in [2.45, 2.75) is 57.4 Å². The number of rotatable bonds is 4. The van der Waals surface area contributed by atoms with Gasteiger partial charge < -0.3 is 5.32 Å². The Bertz CT molecular complexity index is 431. The summed E-state index contributed by atoms with van der Waals surface area (Å²) in [4.78, 5) is 0. The van der Waals surface area contributed by atoms with Crippen molar-refractivity contribution in [1.82, 2.24) is 5.32 Å². The predicted octanol–water partition coefficient (Wildman–Crippen LogP) is 4.32. The summed E-state index contributed by atoms with van der Waals surface area (Å²) >= 11 is 0. The van der Waals surface area contributed by atoms with E-state index in [4.69, 9.17) is 0 Å². The average Bonchev–Trinajstić information content (AvgIpc) is 2.47. The summed E-state index contributed by atoms with van der Waals surface area (Å²) in [5, 5.41) is 3.70. The van der Waals surface area contributed by atoms with Crippen LogP contribution in [0.2, 0.25) is 0 Å². The van der Waals surface area contributed by atoms with Gasteiger partial charge >= 0.3 is 0 Å². The van der Waals surface area contributed by atoms with Gasteiger partial charge in [0.05, 0.1) is 0 Å². The molecule has 1 aromatic carbocycles. The highest BCUT2D eigenvalue weighted by molar-refractivity contribution is 5.16. The minimum absolute atomic E-state index is 0.120. The molecule has 1 N–H and O–H groups in total. The van der Waals surface area contributed by atoms with Gasteiger partial charge in [-0.3, -0.25) is 0 Å². The van der Waals surface area contributed by atoms with Gasteiger partial charge in [-0.1, -0.05) is 37.8 Å². The molecule has 3 atom stereocenters. The van der Waals surface area contributed by atoms with Crippen LogP contribution in [0.5, 0.6) is 0 Å². The summed E-state index contributed by atoms with van der Waals surface area (Å²) in [6.07, 6.45) is 10.9. The number of benzene rings is 1. The molecule has 0 amide bonds. The van der Waals surface area contributed by atoms with E-state index in [-0.39, 0.29) is 5.82 Å². The van der Waals surface area contributed by atoms with Crippen LogP contribution in [0.1, 0.15) is 50.5 Å². The summed E-state index contributed by atoms with van der Waals surface area (Å²) in [5.41, 5.74) is 1.10. The third kappa shape index (κ3) is 3.60. The fourth-order valence-electron chi connectivity index (χ4n) is 4.17. The van der Waals surface area contributed by atoms with E-state index in [0.29, 0.717) is 6.04 Å². The molecule has 2 aliphatic carbocycles. The highest BCUT2D eigenvalue weighted by atomic mass is 19.1. The van der Waals surface area contributed by atoms with Crippen LogP contribution in [0.25, 0.3) is 0 Å². The van der Waals surface area contributed by atoms with E-state index >= 15 is 0 Å². The van der Waals surface area contributed by atoms with Crippen LogP contribution in [0.15, 0.2) is 24.3 Å². The van der Waals surface area contributed by atoms with E-state index < -0.39 is 0 Å². The first-order chi connectivity index (χ1) is 9.81. The van der Waals surface area contributed by atoms with Crippen molar-refractivity contribution in [2.75, 3.05) is 6.54 Å². The van der Waals surface area contributed by atoms with Crippen LogP contribution in [-0.2, 0) is 6.42 Å². The summed E-state index contributed by atoms with van der Waals surface area (Å²) in [5.74, 6) is 1.87. The third-order valence-corrected chi connectivity index (χ3v) is 5.28. The summed E-state index contributed by atoms with van der Waals surface area (Å²) < 4.78 is 13.1. The zero-order valence-corrected chi connectivity index (χ0v) is 12.3. The predicted molar refractivity (Wildman–Crippen MR) is 81.2 cm³/mol. The van der Waals surface area contributed by atoms with Crippen LogP contribution in [-0.4, -0.2) is 12.6 Å². The summed E-state index contributed by atoms with van der Waals surface area (Å²) in [6, 6.07) is 7.68. The Balaban J connectivity index is 1.42. The zero-order valence-electron chi connectivity index (χ0n) is 12.3. The molecule has 2 saturated carbocycles. The number of hydrogen-bond acceptors (Lipinski definition) is 1. The van der Waals surface area contributed by atoms with E-state index in [1.165, 1.54) is 51.0 Å². The van der Waals surface area contributed by atoms with Crippen molar-refractivity contribution in [3.05, 3.63) is 35.6 Å². The lowest BCUT2D eigenvalue weighted by Crippen LogP contribution is -2.39. The largest absolute Gasteiger partial charge is 0.314 e. The molecule has 0 bridgehead atoms. The van der Waals surface area contributed by atoms with E-state index in [2.05, 4.69) is 5.32 Å². The maximum atomic E-state index is 13.1. The van der Waals surface area contributed by atoms with E-state index in [1.54, 1.807) is 12.1 Å². The number of fused-ring (bicyclic) bond motifs is 1. The molecule has 0 aliphatic heterocycles. The summed E-state index contributed by atoms with van der Waals surface area (Å²) in [6.45, 7) is 0.978. The SMILES string of the molecule is Fc1cccc(CCNC2CCC3CCCCC3C2)c1. The fraction of sp³-hybridized carbons (Fsp3) is 0.667. The molecule has 1 nitrogen and oxygen atoms in total. The first-order valence-corrected chi connectivity index (χ1v) is 8.29. The number of nitrogens with one attached hydrogen (secondary N) is 1. The number of hydrogen-bond donors (Lipinski definition) is 1. The lowest BCUT2D eigenvalue weighted by Gasteiger charge is -2.39. The molecule has 2 heteroatoms. The molecule has 3 unspecified atom stereocenters. The van der Waals surface area contributed by atoms with Crippen molar-refractivity contribution in [1.29, 1.82) is 0 Å². The van der Waals surface area contributed by atoms with Gasteiger partial charge in [-0.15, -0.1) is 0 Å². The number of halogens is 1. The second-order valence-electron chi connectivity index (χ2n) is 6.65. The second-order valence-corrected chi connectivity index (χ2v) is 6.65. The maximum absolute atomic E-state index is 13.1. The molecule has 2 fully saturated rings. The molecule has 0 aromatic heterocycles. The Morgan fingerprint density at radius 1 is 1.05 bits per heavy atom. The van der Waals surface area contributed by atoms with Gasteiger partial charge in [0.25, 0.3) is 0 Å². The van der Waals surface area contributed by atoms with Crippen LogP contribution < -0.4 is 5.32 Å². The van der Waals surface area contributed by atoms with Gasteiger partial charge in [0.15, 0.2) is 0 Å². The molecule has 3 rings (SSSR count). The van der Waals surface area contributed by atoms with Gasteiger partial charge in [0, 0.05) is 6.04 Å². The molecule has 2 aliphatic rings. The minimum atomic E-state index is -0.120. The average molecular weight is 275 g/mol. The van der Waals surface area contributed by atoms with Crippen LogP contribution >= 0.6 is 0 Å². The molecule has 0 heterocycles. The van der Waals surface area contributed by atoms with Crippen molar-refractivity contribution in [2.24, 2.45) is 11.8 Å². The fourth-order valence-corrected chi connectivity index (χ4v) is 4.17. The normalized spacial score (nSPS) is 29.9. The standard InChI is InChI=1S/C18H26FN/c19-17-7-3-4-14(12-17)10-11-20-18-9-8-15-5-1-2-6-16(15)13-18/h3-4,7,12,15-16,18,20H,1-2,5-6,8-11,13H2. The first-order valence-electron chi connectivity index (χ1n) is 8.29. The molecular formula is C18H26FN. The molecule has 20 heavy (non-hydrogen) atoms. The zero-order chi connectivity index (χ0) is 13.8. The Labute approximate surface area is 122 Å². The van der Waals surface area contributed by atoms with Crippen molar-refractivity contribution in [3.63, 3.8) is 0 Å². The molecule has 0 radical (unpaired) electrons. The van der Waals surface area contributed by atoms with Crippen LogP contribution in [0.4, 0.5) is 4.39 Å². The van der Waals surface area contributed by atoms with E-state index in [0.717, 1.165) is 30.4 Å². The van der Waals surface area contributed by atoms with Gasteiger partial charge in [0.1, 0.15) is 5.82 Å². The Kier molecular flexibility index (Phi) is 4.72. The van der Waals surface area contributed by atoms with Crippen molar-refractivity contribution >= 4 is 0 Å². The maximum Gasteiger partial charge on any atom is 0.123 e. The van der Waals surface area contributed by atoms with Gasteiger partial charge in [0.2, 0.25) is 0 Å². The second kappa shape index (κ2) is 6.71. The highest BCUT2D eigenvalue weighted by Crippen LogP contribution is 2.40. The van der Waals surface area contributed by atoms with Crippen molar-refractivity contribution < 1.29 is 4.39 Å². The lowest BCUT2D eigenvalue weighted by atomic mass is 9.69. The third-order valence-electron chi connectivity index (χ3n) is 5.28. The van der Waals surface area contributed by atoms with Crippen LogP contribution in [0.3, 0.4) is 0 Å². The van der Waals surface area contributed by atoms with Gasteiger partial charge in [-0.2, -0.15) is 0 Å². The Morgan fingerprint density at radius 2 is 1.90 bits per heavy atom. The first kappa shape index (κ1) is 14.1. The molecular weight excluding hydrogens is 249 g/mol. The quantitative estimate of drug-likeness (QED) is 0.863. The Hall–Kier alpha value is -0.890. The van der Waals surface area contributed by atoms with Gasteiger partial charge in [-0.05, 0) is 61.8 Å². The molecule has 110 valence electrons. The summed E-state index contributed by atoms with van der Waals surface area (Å²) in [7, 11) is 0. The topological polar surface area (TPSA) is 12.0 Å². The van der Waals surface area contributed by atoms with Crippen LogP contribution in [0, 0.1) is 17.7 Å². The molecule has 0 spiro atoms. The molecule has 1 aromatic rings. The smallest absolute Gasteiger partial charge is 0.123 e. The highest BCUT2D eigenvalue weighted by Gasteiger charge is 2.31. The van der Waals surface area contributed by atoms with E-state index in [1.807, 2.05) is 6.07 Å². The Morgan fingerprint density at radius 3 is 2.75 bits per heavy atom. The van der Waals surface area contributed by atoms with E-state index in [9.17, 15) is 4.39 Å². The minimum Gasteiger partial charge on any atom is -0.314 e.